The lowest BCUT2D eigenvalue weighted by atomic mass is 10.0. The average molecular weight is 521 g/mol. The Balaban J connectivity index is 1.96. The van der Waals surface area contributed by atoms with Gasteiger partial charge < -0.3 is 10.2 Å². The van der Waals surface area contributed by atoms with E-state index >= 15 is 0 Å². The van der Waals surface area contributed by atoms with Crippen LogP contribution in [0.3, 0.4) is 0 Å². The molecule has 4 nitrogen and oxygen atoms in total. The number of carbonyl (C=O) groups is 2. The van der Waals surface area contributed by atoms with E-state index < -0.39 is 6.04 Å². The van der Waals surface area contributed by atoms with Crippen LogP contribution >= 0.6 is 15.9 Å². The molecule has 3 aromatic carbocycles. The summed E-state index contributed by atoms with van der Waals surface area (Å²) in [5, 5.41) is 3.11. The number of amides is 2. The van der Waals surface area contributed by atoms with Crippen LogP contribution in [0.1, 0.15) is 42.5 Å². The molecule has 3 rings (SSSR count). The standard InChI is InChI=1S/C29H33BrN2O2/c1-4-22(3)31-29(34)27(18-23-9-6-5-7-10-23)32(20-25-11-8-12-26(30)17-25)28(33)19-24-15-13-21(2)14-16-24/h5-17,22,27H,4,18-20H2,1-3H3,(H,31,34)/t22-,27+/m0/s1. The molecule has 0 heterocycles. The van der Waals surface area contributed by atoms with Crippen molar-refractivity contribution in [2.45, 2.75) is 58.7 Å². The molecule has 0 unspecified atom stereocenters. The van der Waals surface area contributed by atoms with Gasteiger partial charge in [-0.05, 0) is 49.1 Å². The van der Waals surface area contributed by atoms with Gasteiger partial charge in [0.2, 0.25) is 11.8 Å². The van der Waals surface area contributed by atoms with E-state index in [1.807, 2.05) is 99.6 Å². The Kier molecular flexibility index (Phi) is 9.46. The van der Waals surface area contributed by atoms with Gasteiger partial charge in [0.1, 0.15) is 6.04 Å². The molecule has 0 saturated carbocycles. The van der Waals surface area contributed by atoms with Crippen molar-refractivity contribution in [2.24, 2.45) is 0 Å². The minimum atomic E-state index is -0.617. The van der Waals surface area contributed by atoms with Crippen molar-refractivity contribution in [3.05, 3.63) is 106 Å². The second kappa shape index (κ2) is 12.5. The zero-order chi connectivity index (χ0) is 24.5. The Hall–Kier alpha value is -2.92. The molecule has 0 fully saturated rings. The molecule has 5 heteroatoms. The summed E-state index contributed by atoms with van der Waals surface area (Å²) in [6, 6.07) is 25.2. The van der Waals surface area contributed by atoms with E-state index in [0.29, 0.717) is 13.0 Å². The van der Waals surface area contributed by atoms with Gasteiger partial charge in [0, 0.05) is 23.5 Å². The van der Waals surface area contributed by atoms with Crippen molar-refractivity contribution in [1.29, 1.82) is 0 Å². The lowest BCUT2D eigenvalue weighted by Crippen LogP contribution is -2.52. The molecular formula is C29H33BrN2O2. The summed E-state index contributed by atoms with van der Waals surface area (Å²) in [5.74, 6) is -0.186. The lowest BCUT2D eigenvalue weighted by molar-refractivity contribution is -0.141. The first kappa shape index (κ1) is 25.7. The molecule has 0 spiro atoms. The van der Waals surface area contributed by atoms with Crippen LogP contribution in [0.25, 0.3) is 0 Å². The van der Waals surface area contributed by atoms with Gasteiger partial charge in [0.25, 0.3) is 0 Å². The van der Waals surface area contributed by atoms with E-state index in [1.54, 1.807) is 4.90 Å². The number of nitrogens with one attached hydrogen (secondary N) is 1. The van der Waals surface area contributed by atoms with Crippen LogP contribution in [-0.2, 0) is 29.0 Å². The quantitative estimate of drug-likeness (QED) is 0.364. The van der Waals surface area contributed by atoms with Crippen LogP contribution in [-0.4, -0.2) is 28.8 Å². The number of benzene rings is 3. The van der Waals surface area contributed by atoms with E-state index in [9.17, 15) is 9.59 Å². The van der Waals surface area contributed by atoms with Crippen LogP contribution < -0.4 is 5.32 Å². The third kappa shape index (κ3) is 7.56. The van der Waals surface area contributed by atoms with Gasteiger partial charge in [-0.2, -0.15) is 0 Å². The van der Waals surface area contributed by atoms with E-state index in [0.717, 1.165) is 33.1 Å². The summed E-state index contributed by atoms with van der Waals surface area (Å²) in [6.45, 7) is 6.42. The number of nitrogens with zero attached hydrogens (tertiary/aromatic N) is 1. The number of carbonyl (C=O) groups excluding carboxylic acids is 2. The SMILES string of the molecule is CC[C@H](C)NC(=O)[C@@H](Cc1ccccc1)N(Cc1cccc(Br)c1)C(=O)Cc1ccc(C)cc1. The summed E-state index contributed by atoms with van der Waals surface area (Å²) in [4.78, 5) is 29.0. The topological polar surface area (TPSA) is 49.4 Å². The van der Waals surface area contributed by atoms with Gasteiger partial charge in [-0.1, -0.05) is 95.1 Å². The first-order valence-corrected chi connectivity index (χ1v) is 12.6. The molecule has 0 saturated heterocycles. The summed E-state index contributed by atoms with van der Waals surface area (Å²) in [7, 11) is 0. The second-order valence-electron chi connectivity index (χ2n) is 8.84. The van der Waals surface area contributed by atoms with Gasteiger partial charge in [0.05, 0.1) is 6.42 Å². The molecule has 0 aliphatic carbocycles. The van der Waals surface area contributed by atoms with Crippen molar-refractivity contribution in [3.63, 3.8) is 0 Å². The van der Waals surface area contributed by atoms with Crippen molar-refractivity contribution in [2.75, 3.05) is 0 Å². The lowest BCUT2D eigenvalue weighted by Gasteiger charge is -2.32. The Labute approximate surface area is 211 Å². The Morgan fingerprint density at radius 3 is 2.24 bits per heavy atom. The minimum absolute atomic E-state index is 0.0330. The average Bonchev–Trinajstić information content (AvgIpc) is 2.83. The smallest absolute Gasteiger partial charge is 0.243 e. The minimum Gasteiger partial charge on any atom is -0.352 e. The number of hydrogen-bond acceptors (Lipinski definition) is 2. The molecule has 0 bridgehead atoms. The van der Waals surface area contributed by atoms with Gasteiger partial charge in [0.15, 0.2) is 0 Å². The van der Waals surface area contributed by atoms with Crippen molar-refractivity contribution < 1.29 is 9.59 Å². The summed E-state index contributed by atoms with van der Waals surface area (Å²) < 4.78 is 0.944. The van der Waals surface area contributed by atoms with Crippen molar-refractivity contribution in [1.82, 2.24) is 10.2 Å². The summed E-state index contributed by atoms with van der Waals surface area (Å²) in [6.07, 6.45) is 1.53. The maximum absolute atomic E-state index is 13.7. The first-order chi connectivity index (χ1) is 16.4. The van der Waals surface area contributed by atoms with Crippen molar-refractivity contribution in [3.8, 4) is 0 Å². The fourth-order valence-corrected chi connectivity index (χ4v) is 4.26. The molecule has 0 radical (unpaired) electrons. The fraction of sp³-hybridized carbons (Fsp3) is 0.310. The summed E-state index contributed by atoms with van der Waals surface area (Å²) >= 11 is 3.53. The van der Waals surface area contributed by atoms with Gasteiger partial charge >= 0.3 is 0 Å². The molecule has 0 aliphatic heterocycles. The van der Waals surface area contributed by atoms with E-state index in [1.165, 1.54) is 0 Å². The highest BCUT2D eigenvalue weighted by atomic mass is 79.9. The molecule has 0 aromatic heterocycles. The van der Waals surface area contributed by atoms with E-state index in [-0.39, 0.29) is 24.3 Å². The number of halogens is 1. The highest BCUT2D eigenvalue weighted by molar-refractivity contribution is 9.10. The van der Waals surface area contributed by atoms with Gasteiger partial charge in [-0.3, -0.25) is 9.59 Å². The van der Waals surface area contributed by atoms with Crippen molar-refractivity contribution >= 4 is 27.7 Å². The largest absolute Gasteiger partial charge is 0.352 e. The number of hydrogen-bond donors (Lipinski definition) is 1. The molecule has 2 amide bonds. The van der Waals surface area contributed by atoms with Crippen LogP contribution in [0.2, 0.25) is 0 Å². The maximum atomic E-state index is 13.7. The van der Waals surface area contributed by atoms with Gasteiger partial charge in [-0.15, -0.1) is 0 Å². The summed E-state index contributed by atoms with van der Waals surface area (Å²) in [5.41, 5.74) is 4.09. The molecule has 3 aromatic rings. The van der Waals surface area contributed by atoms with E-state index in [4.69, 9.17) is 0 Å². The second-order valence-corrected chi connectivity index (χ2v) is 9.75. The third-order valence-electron chi connectivity index (χ3n) is 5.99. The van der Waals surface area contributed by atoms with Crippen LogP contribution in [0, 0.1) is 6.92 Å². The molecule has 34 heavy (non-hydrogen) atoms. The molecular weight excluding hydrogens is 488 g/mol. The van der Waals surface area contributed by atoms with E-state index in [2.05, 4.69) is 21.2 Å². The highest BCUT2D eigenvalue weighted by Gasteiger charge is 2.31. The zero-order valence-corrected chi connectivity index (χ0v) is 21.7. The maximum Gasteiger partial charge on any atom is 0.243 e. The van der Waals surface area contributed by atoms with Gasteiger partial charge in [-0.25, -0.2) is 0 Å². The van der Waals surface area contributed by atoms with Crippen LogP contribution in [0.15, 0.2) is 83.3 Å². The van der Waals surface area contributed by atoms with Crippen LogP contribution in [0.5, 0.6) is 0 Å². The third-order valence-corrected chi connectivity index (χ3v) is 6.48. The number of aryl methyl sites for hydroxylation is 1. The normalized spacial score (nSPS) is 12.6. The fourth-order valence-electron chi connectivity index (χ4n) is 3.81. The first-order valence-electron chi connectivity index (χ1n) is 11.8. The molecule has 2 atom stereocenters. The Morgan fingerprint density at radius 1 is 0.912 bits per heavy atom. The predicted octanol–water partition coefficient (Wildman–Crippen LogP) is 5.85. The molecule has 1 N–H and O–H groups in total. The predicted molar refractivity (Wildman–Crippen MR) is 141 cm³/mol. The number of rotatable bonds is 10. The zero-order valence-electron chi connectivity index (χ0n) is 20.1. The Bertz CT molecular complexity index is 1080. The highest BCUT2D eigenvalue weighted by Crippen LogP contribution is 2.19. The monoisotopic (exact) mass is 520 g/mol. The molecule has 178 valence electrons. The molecule has 0 aliphatic rings. The Morgan fingerprint density at radius 2 is 1.59 bits per heavy atom. The van der Waals surface area contributed by atoms with Crippen LogP contribution in [0.4, 0.5) is 0 Å².